The molecule has 11 heteroatoms. The molecule has 3 aromatic rings. The van der Waals surface area contributed by atoms with Crippen molar-refractivity contribution in [2.24, 2.45) is 7.05 Å². The number of nitrogens with one attached hydrogen (secondary N) is 1. The Labute approximate surface area is 161 Å². The van der Waals surface area contributed by atoms with E-state index in [-0.39, 0.29) is 23.7 Å². The highest BCUT2D eigenvalue weighted by atomic mass is 19.4. The normalized spacial score (nSPS) is 11.3. The SMILES string of the molecule is Cc1cc(C#N)cc(Oc2c(C(F)(F)F)ccn(Cc3n[nH]c(=O)n3C)c2=O)c1. The molecule has 29 heavy (non-hydrogen) atoms. The van der Waals surface area contributed by atoms with E-state index in [2.05, 4.69) is 10.2 Å². The molecule has 2 aromatic heterocycles. The van der Waals surface area contributed by atoms with E-state index in [0.29, 0.717) is 11.6 Å². The highest BCUT2D eigenvalue weighted by molar-refractivity contribution is 5.44. The topological polar surface area (TPSA) is 106 Å². The number of aryl methyl sites for hydroxylation is 1. The van der Waals surface area contributed by atoms with Gasteiger partial charge < -0.3 is 9.30 Å². The lowest BCUT2D eigenvalue weighted by atomic mass is 10.1. The second kappa shape index (κ2) is 7.31. The molecule has 0 fully saturated rings. The fourth-order valence-electron chi connectivity index (χ4n) is 2.66. The molecule has 1 aromatic carbocycles. The van der Waals surface area contributed by atoms with Crippen LogP contribution in [0.4, 0.5) is 13.2 Å². The van der Waals surface area contributed by atoms with E-state index >= 15 is 0 Å². The van der Waals surface area contributed by atoms with Crippen molar-refractivity contribution in [3.8, 4) is 17.6 Å². The van der Waals surface area contributed by atoms with Gasteiger partial charge in [-0.05, 0) is 36.8 Å². The predicted octanol–water partition coefficient (Wildman–Crippen LogP) is 2.31. The summed E-state index contributed by atoms with van der Waals surface area (Å²) in [5.41, 5.74) is -2.09. The summed E-state index contributed by atoms with van der Waals surface area (Å²) in [6.07, 6.45) is -3.89. The lowest BCUT2D eigenvalue weighted by molar-refractivity contribution is -0.138. The molecule has 0 saturated heterocycles. The van der Waals surface area contributed by atoms with Gasteiger partial charge >= 0.3 is 11.9 Å². The molecule has 0 amide bonds. The van der Waals surface area contributed by atoms with Gasteiger partial charge in [0.05, 0.1) is 18.2 Å². The van der Waals surface area contributed by atoms with Crippen molar-refractivity contribution < 1.29 is 17.9 Å². The van der Waals surface area contributed by atoms with Crippen molar-refractivity contribution in [2.75, 3.05) is 0 Å². The minimum absolute atomic E-state index is 0.0749. The number of rotatable bonds is 4. The van der Waals surface area contributed by atoms with Gasteiger partial charge in [-0.2, -0.15) is 23.5 Å². The maximum Gasteiger partial charge on any atom is 0.420 e. The van der Waals surface area contributed by atoms with Gasteiger partial charge in [0.2, 0.25) is 5.75 Å². The van der Waals surface area contributed by atoms with Crippen LogP contribution in [0.15, 0.2) is 40.1 Å². The maximum absolute atomic E-state index is 13.4. The van der Waals surface area contributed by atoms with Gasteiger partial charge in [0.15, 0.2) is 5.82 Å². The van der Waals surface area contributed by atoms with Crippen LogP contribution in [0.5, 0.6) is 11.5 Å². The van der Waals surface area contributed by atoms with Gasteiger partial charge in [0, 0.05) is 13.2 Å². The molecule has 0 saturated carbocycles. The first-order chi connectivity index (χ1) is 13.6. The fourth-order valence-corrected chi connectivity index (χ4v) is 2.66. The first-order valence-electron chi connectivity index (χ1n) is 8.20. The number of hydrogen-bond acceptors (Lipinski definition) is 5. The Hall–Kier alpha value is -3.81. The van der Waals surface area contributed by atoms with Crippen LogP contribution in [0.1, 0.15) is 22.5 Å². The molecule has 150 valence electrons. The van der Waals surface area contributed by atoms with Gasteiger partial charge in [-0.15, -0.1) is 0 Å². The summed E-state index contributed by atoms with van der Waals surface area (Å²) < 4.78 is 47.7. The van der Waals surface area contributed by atoms with Crippen molar-refractivity contribution >= 4 is 0 Å². The molecule has 0 aliphatic rings. The van der Waals surface area contributed by atoms with E-state index in [1.54, 1.807) is 6.92 Å². The van der Waals surface area contributed by atoms with Gasteiger partial charge in [-0.3, -0.25) is 9.36 Å². The Balaban J connectivity index is 2.11. The zero-order valence-electron chi connectivity index (χ0n) is 15.2. The van der Waals surface area contributed by atoms with E-state index in [4.69, 9.17) is 10.00 Å². The molecule has 0 spiro atoms. The summed E-state index contributed by atoms with van der Waals surface area (Å²) >= 11 is 0. The van der Waals surface area contributed by atoms with Gasteiger partial charge in [-0.25, -0.2) is 9.89 Å². The second-order valence-corrected chi connectivity index (χ2v) is 6.24. The number of pyridine rings is 1. The van der Waals surface area contributed by atoms with Crippen molar-refractivity contribution in [1.29, 1.82) is 5.26 Å². The summed E-state index contributed by atoms with van der Waals surface area (Å²) in [6.45, 7) is 1.39. The third kappa shape index (κ3) is 4.06. The van der Waals surface area contributed by atoms with Crippen molar-refractivity contribution in [2.45, 2.75) is 19.6 Å². The Kier molecular flexibility index (Phi) is 5.02. The lowest BCUT2D eigenvalue weighted by Gasteiger charge is -2.15. The minimum atomic E-state index is -4.84. The number of alkyl halides is 3. The van der Waals surface area contributed by atoms with E-state index in [9.17, 15) is 22.8 Å². The van der Waals surface area contributed by atoms with Crippen LogP contribution in [0.25, 0.3) is 0 Å². The molecular weight excluding hydrogens is 391 g/mol. The number of aromatic nitrogens is 4. The monoisotopic (exact) mass is 405 g/mol. The van der Waals surface area contributed by atoms with E-state index in [0.717, 1.165) is 15.3 Å². The zero-order valence-corrected chi connectivity index (χ0v) is 15.2. The molecule has 0 aliphatic carbocycles. The number of benzene rings is 1. The average molecular weight is 405 g/mol. The standard InChI is InChI=1S/C18H14F3N5O3/c1-10-5-11(8-22)7-12(6-10)29-15-13(18(19,20)21)3-4-26(16(15)27)9-14-23-24-17(28)25(14)2/h3-7H,9H2,1-2H3,(H,24,28). The molecule has 1 N–H and O–H groups in total. The number of halogens is 3. The maximum atomic E-state index is 13.4. The lowest BCUT2D eigenvalue weighted by Crippen LogP contribution is -2.26. The van der Waals surface area contributed by atoms with Crippen LogP contribution < -0.4 is 16.0 Å². The molecule has 0 atom stereocenters. The number of nitrogens with zero attached hydrogens (tertiary/aromatic N) is 4. The second-order valence-electron chi connectivity index (χ2n) is 6.24. The quantitative estimate of drug-likeness (QED) is 0.717. The first kappa shape index (κ1) is 19.9. The Bertz CT molecular complexity index is 1230. The molecule has 0 bridgehead atoms. The van der Waals surface area contributed by atoms with Crippen LogP contribution in [0.3, 0.4) is 0 Å². The molecule has 0 aliphatic heterocycles. The van der Waals surface area contributed by atoms with Crippen molar-refractivity contribution in [1.82, 2.24) is 19.3 Å². The summed E-state index contributed by atoms with van der Waals surface area (Å²) in [5.74, 6) is -0.866. The van der Waals surface area contributed by atoms with E-state index in [1.807, 2.05) is 6.07 Å². The largest absolute Gasteiger partial charge is 0.451 e. The highest BCUT2D eigenvalue weighted by Crippen LogP contribution is 2.36. The highest BCUT2D eigenvalue weighted by Gasteiger charge is 2.36. The Morgan fingerprint density at radius 3 is 2.59 bits per heavy atom. The average Bonchev–Trinajstić information content (AvgIpc) is 2.95. The molecular formula is C18H14F3N5O3. The summed E-state index contributed by atoms with van der Waals surface area (Å²) in [7, 11) is 1.41. The fraction of sp³-hybridized carbons (Fsp3) is 0.222. The first-order valence-corrected chi connectivity index (χ1v) is 8.20. The Morgan fingerprint density at radius 2 is 2.00 bits per heavy atom. The van der Waals surface area contributed by atoms with Gasteiger partial charge in [-0.1, -0.05) is 0 Å². The summed E-state index contributed by atoms with van der Waals surface area (Å²) in [4.78, 5) is 24.2. The smallest absolute Gasteiger partial charge is 0.420 e. The zero-order chi connectivity index (χ0) is 21.3. The minimum Gasteiger partial charge on any atom is -0.451 e. The van der Waals surface area contributed by atoms with Crippen LogP contribution >= 0.6 is 0 Å². The Morgan fingerprint density at radius 1 is 1.28 bits per heavy atom. The summed E-state index contributed by atoms with van der Waals surface area (Å²) in [6, 6.07) is 6.76. The predicted molar refractivity (Wildman–Crippen MR) is 94.6 cm³/mol. The number of ether oxygens (including phenoxy) is 1. The molecule has 2 heterocycles. The third-order valence-corrected chi connectivity index (χ3v) is 4.11. The number of aromatic amines is 1. The van der Waals surface area contributed by atoms with Crippen LogP contribution in [-0.2, 0) is 19.8 Å². The number of H-pyrrole nitrogens is 1. The number of nitriles is 1. The summed E-state index contributed by atoms with van der Waals surface area (Å²) in [5, 5.41) is 15.0. The third-order valence-electron chi connectivity index (χ3n) is 4.11. The molecule has 0 radical (unpaired) electrons. The van der Waals surface area contributed by atoms with Crippen LogP contribution in [0.2, 0.25) is 0 Å². The van der Waals surface area contributed by atoms with Gasteiger partial charge in [0.25, 0.3) is 5.56 Å². The molecule has 8 nitrogen and oxygen atoms in total. The van der Waals surface area contributed by atoms with Gasteiger partial charge in [0.1, 0.15) is 11.3 Å². The van der Waals surface area contributed by atoms with Crippen molar-refractivity contribution in [3.05, 3.63) is 73.8 Å². The van der Waals surface area contributed by atoms with Crippen molar-refractivity contribution in [3.63, 3.8) is 0 Å². The van der Waals surface area contributed by atoms with E-state index < -0.39 is 28.7 Å². The van der Waals surface area contributed by atoms with Crippen LogP contribution in [0, 0.1) is 18.3 Å². The van der Waals surface area contributed by atoms with Crippen LogP contribution in [-0.4, -0.2) is 19.3 Å². The number of hydrogen-bond donors (Lipinski definition) is 1. The molecule has 0 unspecified atom stereocenters. The molecule has 3 rings (SSSR count). The van der Waals surface area contributed by atoms with E-state index in [1.165, 1.54) is 25.2 Å².